The van der Waals surface area contributed by atoms with E-state index in [1.54, 1.807) is 36.3 Å². The zero-order valence-electron chi connectivity index (χ0n) is 19.8. The Balaban J connectivity index is 1.68. The molecule has 0 saturated carbocycles. The van der Waals surface area contributed by atoms with Gasteiger partial charge in [-0.3, -0.25) is 14.4 Å². The maximum Gasteiger partial charge on any atom is 0.253 e. The van der Waals surface area contributed by atoms with Crippen molar-refractivity contribution in [2.24, 2.45) is 11.8 Å². The number of likely N-dealkylation sites (tertiary alicyclic amines) is 1. The molecular formula is C26H32FN3O4. The van der Waals surface area contributed by atoms with Gasteiger partial charge in [-0.1, -0.05) is 19.9 Å². The zero-order valence-corrected chi connectivity index (χ0v) is 19.8. The Labute approximate surface area is 199 Å². The van der Waals surface area contributed by atoms with E-state index in [1.807, 2.05) is 13.8 Å². The lowest BCUT2D eigenvalue weighted by Crippen LogP contribution is -2.54. The summed E-state index contributed by atoms with van der Waals surface area (Å²) in [5.41, 5.74) is 0.835. The molecule has 7 nitrogen and oxygen atoms in total. The fourth-order valence-electron chi connectivity index (χ4n) is 4.01. The largest absolute Gasteiger partial charge is 0.497 e. The fraction of sp³-hybridized carbons (Fsp3) is 0.423. The Hall–Kier alpha value is -3.42. The van der Waals surface area contributed by atoms with Gasteiger partial charge in [-0.15, -0.1) is 0 Å². The van der Waals surface area contributed by atoms with E-state index in [9.17, 15) is 18.8 Å². The smallest absolute Gasteiger partial charge is 0.253 e. The number of carbonyl (C=O) groups excluding carboxylic acids is 3. The van der Waals surface area contributed by atoms with Crippen LogP contribution >= 0.6 is 0 Å². The molecule has 1 fully saturated rings. The van der Waals surface area contributed by atoms with Crippen LogP contribution in [-0.2, 0) is 4.79 Å². The molecule has 1 heterocycles. The van der Waals surface area contributed by atoms with Gasteiger partial charge in [-0.2, -0.15) is 0 Å². The second-order valence-corrected chi connectivity index (χ2v) is 8.96. The summed E-state index contributed by atoms with van der Waals surface area (Å²) in [6, 6.07) is 11.5. The molecule has 0 radical (unpaired) electrons. The number of nitrogens with one attached hydrogen (secondary N) is 2. The first kappa shape index (κ1) is 25.2. The minimum atomic E-state index is -0.745. The highest BCUT2D eigenvalue weighted by Crippen LogP contribution is 2.24. The van der Waals surface area contributed by atoms with Crippen molar-refractivity contribution in [1.82, 2.24) is 15.5 Å². The second-order valence-electron chi connectivity index (χ2n) is 8.96. The molecule has 1 atom stereocenters. The van der Waals surface area contributed by atoms with Gasteiger partial charge in [0.05, 0.1) is 7.11 Å². The summed E-state index contributed by atoms with van der Waals surface area (Å²) in [5.74, 6) is -0.456. The molecule has 1 aliphatic heterocycles. The standard InChI is InChI=1S/C26H32FN3O4/c1-17(2)16-28-25(32)23(29-24(31)19-7-9-21(27)10-8-19)18-11-13-30(14-12-18)26(33)20-5-4-6-22(15-20)34-3/h4-10,15,17-18,23H,11-14,16H2,1-3H3,(H,28,32)(H,29,31). The minimum absolute atomic E-state index is 0.0893. The maximum atomic E-state index is 13.2. The third-order valence-electron chi connectivity index (χ3n) is 5.97. The molecule has 1 aliphatic rings. The fourth-order valence-corrected chi connectivity index (χ4v) is 4.01. The predicted molar refractivity (Wildman–Crippen MR) is 127 cm³/mol. The summed E-state index contributed by atoms with van der Waals surface area (Å²) in [7, 11) is 1.56. The predicted octanol–water partition coefficient (Wildman–Crippen LogP) is 3.26. The number of methoxy groups -OCH3 is 1. The number of piperidine rings is 1. The van der Waals surface area contributed by atoms with Crippen LogP contribution in [0.4, 0.5) is 4.39 Å². The van der Waals surface area contributed by atoms with Gasteiger partial charge in [0.15, 0.2) is 0 Å². The quantitative estimate of drug-likeness (QED) is 0.621. The first-order chi connectivity index (χ1) is 16.3. The van der Waals surface area contributed by atoms with E-state index in [-0.39, 0.29) is 29.2 Å². The van der Waals surface area contributed by atoms with Gasteiger partial charge < -0.3 is 20.3 Å². The minimum Gasteiger partial charge on any atom is -0.497 e. The number of rotatable bonds is 8. The number of hydrogen-bond acceptors (Lipinski definition) is 4. The van der Waals surface area contributed by atoms with E-state index in [0.717, 1.165) is 0 Å². The lowest BCUT2D eigenvalue weighted by atomic mass is 9.88. The first-order valence-corrected chi connectivity index (χ1v) is 11.6. The van der Waals surface area contributed by atoms with Crippen LogP contribution < -0.4 is 15.4 Å². The van der Waals surface area contributed by atoms with Gasteiger partial charge in [-0.25, -0.2) is 4.39 Å². The van der Waals surface area contributed by atoms with Crippen molar-refractivity contribution < 1.29 is 23.5 Å². The van der Waals surface area contributed by atoms with E-state index >= 15 is 0 Å². The van der Waals surface area contributed by atoms with Gasteiger partial charge in [0.2, 0.25) is 5.91 Å². The van der Waals surface area contributed by atoms with Crippen LogP contribution in [0, 0.1) is 17.7 Å². The highest BCUT2D eigenvalue weighted by atomic mass is 19.1. The summed E-state index contributed by atoms with van der Waals surface area (Å²) < 4.78 is 18.5. The molecule has 0 aliphatic carbocycles. The number of ether oxygens (including phenoxy) is 1. The average Bonchev–Trinajstić information content (AvgIpc) is 2.85. The van der Waals surface area contributed by atoms with Crippen LogP contribution in [0.3, 0.4) is 0 Å². The molecule has 34 heavy (non-hydrogen) atoms. The van der Waals surface area contributed by atoms with E-state index in [1.165, 1.54) is 24.3 Å². The van der Waals surface area contributed by atoms with Gasteiger partial charge >= 0.3 is 0 Å². The molecule has 2 aromatic rings. The summed E-state index contributed by atoms with van der Waals surface area (Å²) in [6.45, 7) is 5.43. The molecule has 3 rings (SSSR count). The molecule has 0 spiro atoms. The Bertz CT molecular complexity index is 1000. The average molecular weight is 470 g/mol. The van der Waals surface area contributed by atoms with Crippen LogP contribution in [0.2, 0.25) is 0 Å². The van der Waals surface area contributed by atoms with Crippen molar-refractivity contribution >= 4 is 17.7 Å². The van der Waals surface area contributed by atoms with Crippen LogP contribution in [0.1, 0.15) is 47.4 Å². The van der Waals surface area contributed by atoms with Gasteiger partial charge in [0.1, 0.15) is 17.6 Å². The Morgan fingerprint density at radius 1 is 1.06 bits per heavy atom. The van der Waals surface area contributed by atoms with E-state index in [4.69, 9.17) is 4.74 Å². The molecule has 1 unspecified atom stereocenters. The van der Waals surface area contributed by atoms with Crippen LogP contribution in [0.5, 0.6) is 5.75 Å². The number of halogens is 1. The van der Waals surface area contributed by atoms with Gasteiger partial charge in [0.25, 0.3) is 11.8 Å². The SMILES string of the molecule is COc1cccc(C(=O)N2CCC(C(NC(=O)c3ccc(F)cc3)C(=O)NCC(C)C)CC2)c1. The molecular weight excluding hydrogens is 437 g/mol. The lowest BCUT2D eigenvalue weighted by Gasteiger charge is -2.36. The zero-order chi connectivity index (χ0) is 24.7. The summed E-state index contributed by atoms with van der Waals surface area (Å²) >= 11 is 0. The lowest BCUT2D eigenvalue weighted by molar-refractivity contribution is -0.124. The third-order valence-corrected chi connectivity index (χ3v) is 5.97. The van der Waals surface area contributed by atoms with Crippen molar-refractivity contribution in [1.29, 1.82) is 0 Å². The number of nitrogens with zero attached hydrogens (tertiary/aromatic N) is 1. The van der Waals surface area contributed by atoms with E-state index < -0.39 is 17.8 Å². The van der Waals surface area contributed by atoms with Crippen LogP contribution in [-0.4, -0.2) is 55.4 Å². The van der Waals surface area contributed by atoms with Crippen molar-refractivity contribution in [3.63, 3.8) is 0 Å². The van der Waals surface area contributed by atoms with Gasteiger partial charge in [0, 0.05) is 30.8 Å². The molecule has 2 N–H and O–H groups in total. The summed E-state index contributed by atoms with van der Waals surface area (Å²) in [6.07, 6.45) is 1.14. The van der Waals surface area contributed by atoms with Crippen molar-refractivity contribution in [2.75, 3.05) is 26.7 Å². The third kappa shape index (κ3) is 6.56. The van der Waals surface area contributed by atoms with E-state index in [2.05, 4.69) is 10.6 Å². The monoisotopic (exact) mass is 469 g/mol. The number of carbonyl (C=O) groups is 3. The molecule has 0 aromatic heterocycles. The maximum absolute atomic E-state index is 13.2. The Morgan fingerprint density at radius 3 is 2.35 bits per heavy atom. The normalized spacial score (nSPS) is 15.0. The highest BCUT2D eigenvalue weighted by Gasteiger charge is 2.34. The van der Waals surface area contributed by atoms with Crippen molar-refractivity contribution in [3.8, 4) is 5.75 Å². The summed E-state index contributed by atoms with van der Waals surface area (Å²) in [5, 5.41) is 5.75. The Kier molecular flexibility index (Phi) is 8.62. The molecule has 2 aromatic carbocycles. The number of hydrogen-bond donors (Lipinski definition) is 2. The molecule has 3 amide bonds. The van der Waals surface area contributed by atoms with Gasteiger partial charge in [-0.05, 0) is 67.1 Å². The van der Waals surface area contributed by atoms with E-state index in [0.29, 0.717) is 43.8 Å². The topological polar surface area (TPSA) is 87.7 Å². The van der Waals surface area contributed by atoms with Crippen molar-refractivity contribution in [3.05, 3.63) is 65.5 Å². The molecule has 0 bridgehead atoms. The highest BCUT2D eigenvalue weighted by molar-refractivity contribution is 5.97. The molecule has 8 heteroatoms. The van der Waals surface area contributed by atoms with Crippen molar-refractivity contribution in [2.45, 2.75) is 32.7 Å². The molecule has 182 valence electrons. The number of amides is 3. The first-order valence-electron chi connectivity index (χ1n) is 11.6. The van der Waals surface area contributed by atoms with Crippen LogP contribution in [0.25, 0.3) is 0 Å². The second kappa shape index (κ2) is 11.6. The molecule has 1 saturated heterocycles. The Morgan fingerprint density at radius 2 is 1.74 bits per heavy atom. The summed E-state index contributed by atoms with van der Waals surface area (Å²) in [4.78, 5) is 40.5. The number of benzene rings is 2. The van der Waals surface area contributed by atoms with Crippen LogP contribution in [0.15, 0.2) is 48.5 Å².